The highest BCUT2D eigenvalue weighted by Crippen LogP contribution is 2.24. The third kappa shape index (κ3) is 4.27. The summed E-state index contributed by atoms with van der Waals surface area (Å²) in [6.45, 7) is 6.76. The molecule has 2 aromatic rings. The Bertz CT molecular complexity index is 853. The highest BCUT2D eigenvalue weighted by atomic mass is 16.2. The molecule has 1 aliphatic rings. The number of anilines is 3. The first-order valence-corrected chi connectivity index (χ1v) is 9.55. The Kier molecular flexibility index (Phi) is 5.87. The molecule has 2 aromatic carbocycles. The first-order chi connectivity index (χ1) is 13.4. The van der Waals surface area contributed by atoms with E-state index in [0.717, 1.165) is 18.8 Å². The van der Waals surface area contributed by atoms with E-state index in [2.05, 4.69) is 42.3 Å². The van der Waals surface area contributed by atoms with Gasteiger partial charge in [-0.25, -0.2) is 0 Å². The van der Waals surface area contributed by atoms with Crippen LogP contribution in [0.5, 0.6) is 0 Å². The van der Waals surface area contributed by atoms with E-state index in [1.165, 1.54) is 16.8 Å². The quantitative estimate of drug-likeness (QED) is 0.832. The highest BCUT2D eigenvalue weighted by Gasteiger charge is 2.26. The lowest BCUT2D eigenvalue weighted by molar-refractivity contribution is -0.143. The van der Waals surface area contributed by atoms with Crippen LogP contribution in [0.15, 0.2) is 42.5 Å². The normalized spacial score (nSPS) is 14.0. The zero-order valence-corrected chi connectivity index (χ0v) is 17.0. The zero-order valence-electron chi connectivity index (χ0n) is 17.0. The number of hydrogen-bond donors (Lipinski definition) is 1. The Morgan fingerprint density at radius 3 is 2.18 bits per heavy atom. The van der Waals surface area contributed by atoms with Crippen LogP contribution in [0.3, 0.4) is 0 Å². The van der Waals surface area contributed by atoms with Crippen molar-refractivity contribution in [1.29, 1.82) is 0 Å². The van der Waals surface area contributed by atoms with Crippen LogP contribution in [0.1, 0.15) is 11.1 Å². The topological polar surface area (TPSA) is 55.9 Å². The van der Waals surface area contributed by atoms with Crippen molar-refractivity contribution >= 4 is 28.9 Å². The van der Waals surface area contributed by atoms with Gasteiger partial charge in [-0.2, -0.15) is 0 Å². The lowest BCUT2D eigenvalue weighted by Gasteiger charge is -2.36. The van der Waals surface area contributed by atoms with E-state index in [4.69, 9.17) is 0 Å². The molecule has 6 heteroatoms. The van der Waals surface area contributed by atoms with E-state index in [1.54, 1.807) is 17.0 Å². The van der Waals surface area contributed by atoms with Crippen molar-refractivity contribution in [3.63, 3.8) is 0 Å². The molecule has 2 amide bonds. The Hall–Kier alpha value is -3.02. The molecule has 0 spiro atoms. The molecule has 0 aliphatic carbocycles. The third-order valence-corrected chi connectivity index (χ3v) is 5.32. The minimum Gasteiger partial charge on any atom is -0.378 e. The molecule has 1 N–H and O–H groups in total. The van der Waals surface area contributed by atoms with Crippen molar-refractivity contribution in [2.45, 2.75) is 13.8 Å². The molecular weight excluding hydrogens is 352 g/mol. The number of nitrogens with zero attached hydrogens (tertiary/aromatic N) is 3. The second-order valence-corrected chi connectivity index (χ2v) is 7.39. The number of benzene rings is 2. The lowest BCUT2D eigenvalue weighted by Crippen LogP contribution is -2.51. The summed E-state index contributed by atoms with van der Waals surface area (Å²) < 4.78 is 0. The molecule has 0 atom stereocenters. The summed E-state index contributed by atoms with van der Waals surface area (Å²) in [5.41, 5.74) is 5.39. The van der Waals surface area contributed by atoms with Crippen LogP contribution in [0.4, 0.5) is 17.1 Å². The summed E-state index contributed by atoms with van der Waals surface area (Å²) in [5, 5.41) is 2.70. The first kappa shape index (κ1) is 19.7. The van der Waals surface area contributed by atoms with Gasteiger partial charge in [0.2, 0.25) is 0 Å². The van der Waals surface area contributed by atoms with Gasteiger partial charge in [-0.15, -0.1) is 0 Å². The number of hydrogen-bond acceptors (Lipinski definition) is 4. The van der Waals surface area contributed by atoms with Crippen LogP contribution in [-0.4, -0.2) is 57.0 Å². The van der Waals surface area contributed by atoms with Crippen molar-refractivity contribution in [2.24, 2.45) is 0 Å². The van der Waals surface area contributed by atoms with Gasteiger partial charge < -0.3 is 20.0 Å². The number of carbonyl (C=O) groups excluding carboxylic acids is 2. The summed E-state index contributed by atoms with van der Waals surface area (Å²) in [4.78, 5) is 30.8. The maximum absolute atomic E-state index is 12.5. The van der Waals surface area contributed by atoms with Gasteiger partial charge in [0.1, 0.15) is 0 Å². The van der Waals surface area contributed by atoms with Crippen molar-refractivity contribution in [2.75, 3.05) is 55.4 Å². The van der Waals surface area contributed by atoms with Gasteiger partial charge in [0.05, 0.1) is 0 Å². The Labute approximate surface area is 166 Å². The average Bonchev–Trinajstić information content (AvgIpc) is 2.70. The standard InChI is InChI=1S/C22H28N4O2/c1-16-6-5-7-20(17(16)2)25-12-14-26(15-13-25)22(28)21(27)23-18-8-10-19(11-9-18)24(3)4/h5-11H,12-15H2,1-4H3,(H,23,27). The average molecular weight is 380 g/mol. The summed E-state index contributed by atoms with van der Waals surface area (Å²) in [6.07, 6.45) is 0. The summed E-state index contributed by atoms with van der Waals surface area (Å²) in [5.74, 6) is -1.06. The summed E-state index contributed by atoms with van der Waals surface area (Å²) >= 11 is 0. The molecule has 28 heavy (non-hydrogen) atoms. The van der Waals surface area contributed by atoms with Gasteiger partial charge >= 0.3 is 11.8 Å². The molecule has 0 saturated carbocycles. The number of carbonyl (C=O) groups is 2. The Morgan fingerprint density at radius 2 is 1.57 bits per heavy atom. The van der Waals surface area contributed by atoms with Crippen LogP contribution in [0.25, 0.3) is 0 Å². The Balaban J connectivity index is 1.57. The molecule has 1 heterocycles. The van der Waals surface area contributed by atoms with E-state index in [1.807, 2.05) is 31.1 Å². The van der Waals surface area contributed by atoms with Crippen LogP contribution in [-0.2, 0) is 9.59 Å². The number of piperazine rings is 1. The van der Waals surface area contributed by atoms with E-state index in [-0.39, 0.29) is 0 Å². The molecule has 1 fully saturated rings. The predicted molar refractivity (Wildman–Crippen MR) is 114 cm³/mol. The van der Waals surface area contributed by atoms with Crippen LogP contribution >= 0.6 is 0 Å². The predicted octanol–water partition coefficient (Wildman–Crippen LogP) is 2.66. The van der Waals surface area contributed by atoms with Gasteiger partial charge in [-0.1, -0.05) is 12.1 Å². The SMILES string of the molecule is Cc1cccc(N2CCN(C(=O)C(=O)Nc3ccc(N(C)C)cc3)CC2)c1C. The van der Waals surface area contributed by atoms with E-state index >= 15 is 0 Å². The molecular formula is C22H28N4O2. The maximum Gasteiger partial charge on any atom is 0.313 e. The van der Waals surface area contributed by atoms with Crippen molar-refractivity contribution < 1.29 is 9.59 Å². The second-order valence-electron chi connectivity index (χ2n) is 7.39. The van der Waals surface area contributed by atoms with Gasteiger partial charge in [0.25, 0.3) is 0 Å². The fourth-order valence-corrected chi connectivity index (χ4v) is 3.40. The fraction of sp³-hybridized carbons (Fsp3) is 0.364. The fourth-order valence-electron chi connectivity index (χ4n) is 3.40. The summed E-state index contributed by atoms with van der Waals surface area (Å²) in [7, 11) is 3.91. The van der Waals surface area contributed by atoms with Crippen LogP contribution in [0, 0.1) is 13.8 Å². The number of nitrogens with one attached hydrogen (secondary N) is 1. The van der Waals surface area contributed by atoms with Crippen molar-refractivity contribution in [3.05, 3.63) is 53.6 Å². The molecule has 148 valence electrons. The van der Waals surface area contributed by atoms with E-state index in [9.17, 15) is 9.59 Å². The molecule has 0 unspecified atom stereocenters. The second kappa shape index (κ2) is 8.33. The van der Waals surface area contributed by atoms with Gasteiger partial charge in [0, 0.05) is 57.3 Å². The number of amides is 2. The smallest absolute Gasteiger partial charge is 0.313 e. The highest BCUT2D eigenvalue weighted by molar-refractivity contribution is 6.39. The van der Waals surface area contributed by atoms with Crippen molar-refractivity contribution in [1.82, 2.24) is 4.90 Å². The van der Waals surface area contributed by atoms with Crippen LogP contribution < -0.4 is 15.1 Å². The monoisotopic (exact) mass is 380 g/mol. The molecule has 0 bridgehead atoms. The largest absolute Gasteiger partial charge is 0.378 e. The van der Waals surface area contributed by atoms with Gasteiger partial charge in [-0.05, 0) is 55.3 Å². The number of aryl methyl sites for hydroxylation is 1. The van der Waals surface area contributed by atoms with Gasteiger partial charge in [0.15, 0.2) is 0 Å². The lowest BCUT2D eigenvalue weighted by atomic mass is 10.1. The van der Waals surface area contributed by atoms with E-state index in [0.29, 0.717) is 18.8 Å². The molecule has 3 rings (SSSR count). The number of rotatable bonds is 3. The molecule has 1 aliphatic heterocycles. The molecule has 0 radical (unpaired) electrons. The van der Waals surface area contributed by atoms with E-state index < -0.39 is 11.8 Å². The third-order valence-electron chi connectivity index (χ3n) is 5.32. The van der Waals surface area contributed by atoms with Gasteiger partial charge in [-0.3, -0.25) is 9.59 Å². The summed E-state index contributed by atoms with van der Waals surface area (Å²) in [6, 6.07) is 13.7. The minimum atomic E-state index is -0.585. The van der Waals surface area contributed by atoms with Crippen LogP contribution in [0.2, 0.25) is 0 Å². The zero-order chi connectivity index (χ0) is 20.3. The maximum atomic E-state index is 12.5. The Morgan fingerprint density at radius 1 is 0.929 bits per heavy atom. The molecule has 1 saturated heterocycles. The molecule has 0 aromatic heterocycles. The molecule has 6 nitrogen and oxygen atoms in total. The minimum absolute atomic E-state index is 0.475. The first-order valence-electron chi connectivity index (χ1n) is 9.55. The van der Waals surface area contributed by atoms with Crippen molar-refractivity contribution in [3.8, 4) is 0 Å².